The van der Waals surface area contributed by atoms with Crippen LogP contribution in [0.25, 0.3) is 11.2 Å². The third kappa shape index (κ3) is 3.29. The standard InChI is InChI=1S/C19H23N5O/c1-14-11-16(7-9-20-14)25-13-15-5-4-10-24(12-15)19-22-17-6-3-8-21-18(17)23(19)2/h3,6-9,11,15H,4-5,10,12-13H2,1-2H3. The summed E-state index contributed by atoms with van der Waals surface area (Å²) in [4.78, 5) is 15.8. The van der Waals surface area contributed by atoms with Gasteiger partial charge < -0.3 is 9.64 Å². The van der Waals surface area contributed by atoms with Crippen LogP contribution in [-0.4, -0.2) is 39.2 Å². The fourth-order valence-electron chi connectivity index (χ4n) is 3.50. The van der Waals surface area contributed by atoms with Crippen molar-refractivity contribution in [3.05, 3.63) is 42.4 Å². The summed E-state index contributed by atoms with van der Waals surface area (Å²) in [6.45, 7) is 4.69. The average molecular weight is 337 g/mol. The first-order valence-corrected chi connectivity index (χ1v) is 8.78. The Hall–Kier alpha value is -2.63. The number of anilines is 1. The lowest BCUT2D eigenvalue weighted by atomic mass is 9.99. The van der Waals surface area contributed by atoms with E-state index in [9.17, 15) is 0 Å². The number of ether oxygens (including phenoxy) is 1. The van der Waals surface area contributed by atoms with Gasteiger partial charge in [0.2, 0.25) is 5.95 Å². The van der Waals surface area contributed by atoms with Crippen LogP contribution in [0.2, 0.25) is 0 Å². The van der Waals surface area contributed by atoms with Crippen LogP contribution >= 0.6 is 0 Å². The van der Waals surface area contributed by atoms with E-state index in [1.165, 1.54) is 6.42 Å². The normalized spacial score (nSPS) is 17.8. The molecule has 0 radical (unpaired) electrons. The minimum atomic E-state index is 0.495. The van der Waals surface area contributed by atoms with Crippen LogP contribution in [0.3, 0.4) is 0 Å². The van der Waals surface area contributed by atoms with Gasteiger partial charge in [-0.05, 0) is 38.0 Å². The molecule has 0 spiro atoms. The molecule has 0 aromatic carbocycles. The van der Waals surface area contributed by atoms with Gasteiger partial charge in [-0.2, -0.15) is 0 Å². The summed E-state index contributed by atoms with van der Waals surface area (Å²) in [5.41, 5.74) is 2.86. The Balaban J connectivity index is 1.46. The quantitative estimate of drug-likeness (QED) is 0.732. The monoisotopic (exact) mass is 337 g/mol. The molecule has 3 aromatic rings. The number of rotatable bonds is 4. The molecule has 1 aliphatic heterocycles. The van der Waals surface area contributed by atoms with Crippen molar-refractivity contribution in [3.8, 4) is 5.75 Å². The van der Waals surface area contributed by atoms with E-state index >= 15 is 0 Å². The maximum atomic E-state index is 5.99. The number of aromatic nitrogens is 4. The third-order valence-corrected chi connectivity index (χ3v) is 4.76. The van der Waals surface area contributed by atoms with Gasteiger partial charge in [-0.25, -0.2) is 9.97 Å². The van der Waals surface area contributed by atoms with Crippen LogP contribution in [0.1, 0.15) is 18.5 Å². The molecule has 130 valence electrons. The first-order chi connectivity index (χ1) is 12.2. The van der Waals surface area contributed by atoms with Gasteiger partial charge >= 0.3 is 0 Å². The molecule has 1 atom stereocenters. The summed E-state index contributed by atoms with van der Waals surface area (Å²) in [5.74, 6) is 2.39. The minimum Gasteiger partial charge on any atom is -0.493 e. The highest BCUT2D eigenvalue weighted by molar-refractivity contribution is 5.74. The molecule has 6 nitrogen and oxygen atoms in total. The largest absolute Gasteiger partial charge is 0.493 e. The second kappa shape index (κ2) is 6.70. The zero-order valence-electron chi connectivity index (χ0n) is 14.7. The smallest absolute Gasteiger partial charge is 0.207 e. The Bertz CT molecular complexity index is 875. The molecule has 0 amide bonds. The molecule has 3 aromatic heterocycles. The molecule has 25 heavy (non-hydrogen) atoms. The van der Waals surface area contributed by atoms with Gasteiger partial charge in [-0.3, -0.25) is 9.55 Å². The van der Waals surface area contributed by atoms with E-state index in [0.717, 1.165) is 54.7 Å². The van der Waals surface area contributed by atoms with Gasteiger partial charge in [-0.1, -0.05) is 0 Å². The van der Waals surface area contributed by atoms with Crippen LogP contribution in [0.5, 0.6) is 5.75 Å². The Morgan fingerprint density at radius 3 is 3.00 bits per heavy atom. The topological polar surface area (TPSA) is 56.1 Å². The summed E-state index contributed by atoms with van der Waals surface area (Å²) < 4.78 is 8.08. The maximum Gasteiger partial charge on any atom is 0.207 e. The number of hydrogen-bond donors (Lipinski definition) is 0. The first kappa shape index (κ1) is 15.9. The molecular formula is C19H23N5O. The molecule has 0 bridgehead atoms. The Labute approximate surface area is 147 Å². The molecular weight excluding hydrogens is 314 g/mol. The van der Waals surface area contributed by atoms with Gasteiger partial charge in [-0.15, -0.1) is 0 Å². The number of fused-ring (bicyclic) bond motifs is 1. The average Bonchev–Trinajstić information content (AvgIpc) is 2.98. The molecule has 0 aliphatic carbocycles. The summed E-state index contributed by atoms with van der Waals surface area (Å²) in [6, 6.07) is 7.85. The van der Waals surface area contributed by atoms with Crippen LogP contribution in [0.15, 0.2) is 36.7 Å². The summed E-state index contributed by atoms with van der Waals surface area (Å²) >= 11 is 0. The molecule has 1 saturated heterocycles. The van der Waals surface area contributed by atoms with Crippen molar-refractivity contribution in [1.82, 2.24) is 19.5 Å². The van der Waals surface area contributed by atoms with Crippen molar-refractivity contribution < 1.29 is 4.74 Å². The highest BCUT2D eigenvalue weighted by atomic mass is 16.5. The van der Waals surface area contributed by atoms with Crippen LogP contribution in [0, 0.1) is 12.8 Å². The Kier molecular flexibility index (Phi) is 4.26. The van der Waals surface area contributed by atoms with Crippen LogP contribution < -0.4 is 9.64 Å². The molecule has 1 aliphatic rings. The van der Waals surface area contributed by atoms with Crippen LogP contribution in [-0.2, 0) is 7.05 Å². The summed E-state index contributed by atoms with van der Waals surface area (Å²) in [5, 5.41) is 0. The van der Waals surface area contributed by atoms with E-state index in [1.807, 2.05) is 44.4 Å². The molecule has 4 rings (SSSR count). The SMILES string of the molecule is Cc1cc(OCC2CCCN(c3nc4cccnc4n3C)C2)ccn1. The highest BCUT2D eigenvalue weighted by Gasteiger charge is 2.24. The number of piperidine rings is 1. The summed E-state index contributed by atoms with van der Waals surface area (Å²) in [7, 11) is 2.04. The fourth-order valence-corrected chi connectivity index (χ4v) is 3.50. The number of nitrogens with zero attached hydrogens (tertiary/aromatic N) is 5. The van der Waals surface area contributed by atoms with Crippen molar-refractivity contribution >= 4 is 17.1 Å². The molecule has 0 saturated carbocycles. The number of hydrogen-bond acceptors (Lipinski definition) is 5. The van der Waals surface area contributed by atoms with E-state index < -0.39 is 0 Å². The van der Waals surface area contributed by atoms with Crippen LogP contribution in [0.4, 0.5) is 5.95 Å². The zero-order valence-corrected chi connectivity index (χ0v) is 14.7. The molecule has 1 fully saturated rings. The minimum absolute atomic E-state index is 0.495. The van der Waals surface area contributed by atoms with Crippen molar-refractivity contribution in [3.63, 3.8) is 0 Å². The lowest BCUT2D eigenvalue weighted by Crippen LogP contribution is -2.39. The number of pyridine rings is 2. The molecule has 4 heterocycles. The van der Waals surface area contributed by atoms with E-state index in [-0.39, 0.29) is 0 Å². The zero-order chi connectivity index (χ0) is 17.2. The third-order valence-electron chi connectivity index (χ3n) is 4.76. The van der Waals surface area contributed by atoms with Gasteiger partial charge in [0.1, 0.15) is 11.3 Å². The van der Waals surface area contributed by atoms with E-state index in [2.05, 4.69) is 19.4 Å². The second-order valence-corrected chi connectivity index (χ2v) is 6.72. The lowest BCUT2D eigenvalue weighted by Gasteiger charge is -2.33. The number of imidazole rings is 1. The Morgan fingerprint density at radius 2 is 2.16 bits per heavy atom. The van der Waals surface area contributed by atoms with Gasteiger partial charge in [0.25, 0.3) is 0 Å². The predicted octanol–water partition coefficient (Wildman–Crippen LogP) is 2.97. The lowest BCUT2D eigenvalue weighted by molar-refractivity contribution is 0.227. The van der Waals surface area contributed by atoms with Crippen molar-refractivity contribution in [2.24, 2.45) is 13.0 Å². The first-order valence-electron chi connectivity index (χ1n) is 8.78. The molecule has 6 heteroatoms. The maximum absolute atomic E-state index is 5.99. The second-order valence-electron chi connectivity index (χ2n) is 6.72. The van der Waals surface area contributed by atoms with E-state index in [0.29, 0.717) is 5.92 Å². The highest BCUT2D eigenvalue weighted by Crippen LogP contribution is 2.25. The number of aryl methyl sites for hydroxylation is 2. The molecule has 1 unspecified atom stereocenters. The van der Waals surface area contributed by atoms with Crippen molar-refractivity contribution in [1.29, 1.82) is 0 Å². The van der Waals surface area contributed by atoms with Crippen molar-refractivity contribution in [2.75, 3.05) is 24.6 Å². The predicted molar refractivity (Wildman–Crippen MR) is 97.9 cm³/mol. The van der Waals surface area contributed by atoms with E-state index in [4.69, 9.17) is 9.72 Å². The van der Waals surface area contributed by atoms with Crippen molar-refractivity contribution in [2.45, 2.75) is 19.8 Å². The molecule has 0 N–H and O–H groups in total. The van der Waals surface area contributed by atoms with E-state index in [1.54, 1.807) is 6.20 Å². The van der Waals surface area contributed by atoms with Gasteiger partial charge in [0, 0.05) is 50.2 Å². The Morgan fingerprint density at radius 1 is 1.24 bits per heavy atom. The summed E-state index contributed by atoms with van der Waals surface area (Å²) in [6.07, 6.45) is 5.95. The van der Waals surface area contributed by atoms with Gasteiger partial charge in [0.05, 0.1) is 6.61 Å². The fraction of sp³-hybridized carbons (Fsp3) is 0.421. The van der Waals surface area contributed by atoms with Gasteiger partial charge in [0.15, 0.2) is 5.65 Å².